The summed E-state index contributed by atoms with van der Waals surface area (Å²) < 4.78 is 0. The first kappa shape index (κ1) is 9.04. The largest absolute Gasteiger partial charge is 0.437 e. The van der Waals surface area contributed by atoms with Gasteiger partial charge >= 0.3 is 7.05 Å². The van der Waals surface area contributed by atoms with E-state index in [-0.39, 0.29) is 13.7 Å². The maximum absolute atomic E-state index is 9.29. The average Bonchev–Trinajstić information content (AvgIpc) is 2.36. The second-order valence-electron chi connectivity index (χ2n) is 3.18. The van der Waals surface area contributed by atoms with Crippen molar-refractivity contribution in [2.45, 2.75) is 32.1 Å². The van der Waals surface area contributed by atoms with Gasteiger partial charge in [-0.2, -0.15) is 0 Å². The Labute approximate surface area is 68.2 Å². The molecule has 1 atom stereocenters. The highest BCUT2D eigenvalue weighted by Crippen LogP contribution is 2.19. The molecule has 0 bridgehead atoms. The molecule has 0 aromatic carbocycles. The minimum Gasteiger partial charge on any atom is -0.437 e. The summed E-state index contributed by atoms with van der Waals surface area (Å²) in [5.41, 5.74) is 0. The lowest BCUT2D eigenvalue weighted by Crippen LogP contribution is -2.41. The lowest BCUT2D eigenvalue weighted by molar-refractivity contribution is 0.237. The molecule has 2 N–H and O–H groups in total. The molecule has 0 spiro atoms. The van der Waals surface area contributed by atoms with Crippen LogP contribution in [0.2, 0.25) is 6.82 Å². The lowest BCUT2D eigenvalue weighted by Gasteiger charge is -2.24. The van der Waals surface area contributed by atoms with Crippen LogP contribution in [-0.4, -0.2) is 41.2 Å². The highest BCUT2D eigenvalue weighted by molar-refractivity contribution is 6.45. The average molecular weight is 157 g/mol. The number of aliphatic hydroxyl groups is 1. The molecule has 11 heavy (non-hydrogen) atoms. The fraction of sp³-hybridized carbons (Fsp3) is 1.00. The molecule has 3 nitrogen and oxygen atoms in total. The molecule has 0 amide bonds. The molecule has 1 unspecified atom stereocenters. The van der Waals surface area contributed by atoms with Crippen LogP contribution in [0.3, 0.4) is 0 Å². The van der Waals surface area contributed by atoms with E-state index < -0.39 is 0 Å². The minimum atomic E-state index is -0.353. The Kier molecular flexibility index (Phi) is 3.36. The van der Waals surface area contributed by atoms with E-state index in [1.54, 1.807) is 6.82 Å². The maximum Gasteiger partial charge on any atom is 0.376 e. The molecule has 4 heteroatoms. The molecule has 1 saturated heterocycles. The lowest BCUT2D eigenvalue weighted by atomic mass is 9.84. The van der Waals surface area contributed by atoms with Gasteiger partial charge in [-0.05, 0) is 32.6 Å². The van der Waals surface area contributed by atoms with Crippen LogP contribution in [0.4, 0.5) is 0 Å². The van der Waals surface area contributed by atoms with Crippen LogP contribution in [0.5, 0.6) is 0 Å². The quantitative estimate of drug-likeness (QED) is 0.564. The van der Waals surface area contributed by atoms with Gasteiger partial charge in [0.15, 0.2) is 0 Å². The van der Waals surface area contributed by atoms with Crippen LogP contribution >= 0.6 is 0 Å². The van der Waals surface area contributed by atoms with E-state index in [1.165, 1.54) is 0 Å². The Morgan fingerprint density at radius 1 is 1.64 bits per heavy atom. The molecule has 1 fully saturated rings. The zero-order valence-corrected chi connectivity index (χ0v) is 7.03. The molecule has 0 aromatic heterocycles. The number of aliphatic hydroxyl groups excluding tert-OH is 1. The topological polar surface area (TPSA) is 43.7 Å². The Bertz CT molecular complexity index is 121. The predicted molar refractivity (Wildman–Crippen MR) is 45.3 cm³/mol. The molecular formula is C7H16BNO2. The van der Waals surface area contributed by atoms with E-state index in [0.29, 0.717) is 6.04 Å². The number of nitrogens with zero attached hydrogens (tertiary/aromatic N) is 1. The Hall–Kier alpha value is -0.0551. The summed E-state index contributed by atoms with van der Waals surface area (Å²) in [7, 11) is -0.353. The van der Waals surface area contributed by atoms with Crippen molar-refractivity contribution >= 4 is 7.05 Å². The Balaban J connectivity index is 2.37. The van der Waals surface area contributed by atoms with Crippen LogP contribution in [-0.2, 0) is 0 Å². The zero-order chi connectivity index (χ0) is 8.27. The van der Waals surface area contributed by atoms with Gasteiger partial charge < -0.3 is 14.9 Å². The first-order valence-electron chi connectivity index (χ1n) is 4.30. The van der Waals surface area contributed by atoms with Crippen molar-refractivity contribution in [3.05, 3.63) is 0 Å². The molecule has 1 heterocycles. The van der Waals surface area contributed by atoms with Crippen LogP contribution in [0.25, 0.3) is 0 Å². The van der Waals surface area contributed by atoms with Crippen LogP contribution in [0.1, 0.15) is 19.3 Å². The van der Waals surface area contributed by atoms with Crippen molar-refractivity contribution in [3.63, 3.8) is 0 Å². The summed E-state index contributed by atoms with van der Waals surface area (Å²) >= 11 is 0. The Morgan fingerprint density at radius 2 is 2.36 bits per heavy atom. The molecule has 1 aliphatic rings. The van der Waals surface area contributed by atoms with Gasteiger partial charge in [-0.1, -0.05) is 0 Å². The maximum atomic E-state index is 9.29. The van der Waals surface area contributed by atoms with Gasteiger partial charge in [0.1, 0.15) is 0 Å². The summed E-state index contributed by atoms with van der Waals surface area (Å²) in [5.74, 6) is 0. The summed E-state index contributed by atoms with van der Waals surface area (Å²) in [5, 5.41) is 18.0. The second-order valence-corrected chi connectivity index (χ2v) is 3.18. The number of rotatable bonds is 3. The third kappa shape index (κ3) is 2.19. The molecule has 0 aliphatic carbocycles. The molecule has 0 radical (unpaired) electrons. The van der Waals surface area contributed by atoms with E-state index in [9.17, 15) is 5.02 Å². The van der Waals surface area contributed by atoms with Crippen molar-refractivity contribution in [3.8, 4) is 0 Å². The molecule has 1 rings (SSSR count). The fourth-order valence-corrected chi connectivity index (χ4v) is 1.81. The molecule has 1 aliphatic heterocycles. The predicted octanol–water partition coefficient (Wildman–Crippen LogP) is -0.0565. The Morgan fingerprint density at radius 3 is 2.91 bits per heavy atom. The monoisotopic (exact) mass is 157 g/mol. The summed E-state index contributed by atoms with van der Waals surface area (Å²) in [6, 6.07) is 0.403. The molecule has 64 valence electrons. The van der Waals surface area contributed by atoms with E-state index in [0.717, 1.165) is 25.8 Å². The van der Waals surface area contributed by atoms with Gasteiger partial charge in [0.25, 0.3) is 0 Å². The third-order valence-corrected chi connectivity index (χ3v) is 2.36. The smallest absolute Gasteiger partial charge is 0.376 e. The van der Waals surface area contributed by atoms with Gasteiger partial charge in [0, 0.05) is 12.6 Å². The van der Waals surface area contributed by atoms with Gasteiger partial charge in [-0.15, -0.1) is 0 Å². The number of hydrogen-bond acceptors (Lipinski definition) is 3. The van der Waals surface area contributed by atoms with Crippen molar-refractivity contribution in [1.82, 2.24) is 4.81 Å². The van der Waals surface area contributed by atoms with Crippen molar-refractivity contribution in [2.75, 3.05) is 13.2 Å². The highest BCUT2D eigenvalue weighted by Gasteiger charge is 2.28. The van der Waals surface area contributed by atoms with Crippen LogP contribution in [0, 0.1) is 0 Å². The standard InChI is InChI=1S/C7H16BNO2/c1-8(11)9-5-2-3-7(9)4-6-10/h7,10-11H,2-6H2,1H3. The highest BCUT2D eigenvalue weighted by atomic mass is 16.3. The molecule has 0 saturated carbocycles. The zero-order valence-electron chi connectivity index (χ0n) is 7.03. The van der Waals surface area contributed by atoms with Crippen molar-refractivity contribution in [1.29, 1.82) is 0 Å². The summed E-state index contributed by atoms with van der Waals surface area (Å²) in [6.07, 6.45) is 3.06. The van der Waals surface area contributed by atoms with Crippen molar-refractivity contribution in [2.24, 2.45) is 0 Å². The van der Waals surface area contributed by atoms with E-state index in [4.69, 9.17) is 5.11 Å². The SMILES string of the molecule is CB(O)N1CCCC1CCO. The second kappa shape index (κ2) is 4.09. The van der Waals surface area contributed by atoms with Gasteiger partial charge in [-0.25, -0.2) is 0 Å². The van der Waals surface area contributed by atoms with Crippen LogP contribution < -0.4 is 0 Å². The minimum absolute atomic E-state index is 0.230. The van der Waals surface area contributed by atoms with Crippen molar-refractivity contribution < 1.29 is 10.1 Å². The molecular weight excluding hydrogens is 141 g/mol. The third-order valence-electron chi connectivity index (χ3n) is 2.36. The first-order chi connectivity index (χ1) is 5.25. The fourth-order valence-electron chi connectivity index (χ4n) is 1.81. The summed E-state index contributed by atoms with van der Waals surface area (Å²) in [6.45, 7) is 2.99. The van der Waals surface area contributed by atoms with E-state index >= 15 is 0 Å². The van der Waals surface area contributed by atoms with Gasteiger partial charge in [0.2, 0.25) is 0 Å². The van der Waals surface area contributed by atoms with E-state index in [1.807, 2.05) is 0 Å². The van der Waals surface area contributed by atoms with Gasteiger partial charge in [-0.3, -0.25) is 0 Å². The molecule has 0 aromatic rings. The first-order valence-corrected chi connectivity index (χ1v) is 4.30. The summed E-state index contributed by atoms with van der Waals surface area (Å²) in [4.78, 5) is 2.05. The normalized spacial score (nSPS) is 25.9. The van der Waals surface area contributed by atoms with E-state index in [2.05, 4.69) is 4.81 Å². The number of hydrogen-bond donors (Lipinski definition) is 2. The van der Waals surface area contributed by atoms with Crippen LogP contribution in [0.15, 0.2) is 0 Å². The van der Waals surface area contributed by atoms with Gasteiger partial charge in [0.05, 0.1) is 0 Å².